The van der Waals surface area contributed by atoms with Gasteiger partial charge in [-0.2, -0.15) is 4.52 Å². The maximum Gasteiger partial charge on any atom is 0.178 e. The van der Waals surface area contributed by atoms with E-state index >= 15 is 0 Å². The van der Waals surface area contributed by atoms with E-state index in [1.807, 2.05) is 19.1 Å². The van der Waals surface area contributed by atoms with Crippen LogP contribution >= 0.6 is 0 Å². The molecular formula is C19H19FN8. The number of hydrogen-bond acceptors (Lipinski definition) is 7. The van der Waals surface area contributed by atoms with Gasteiger partial charge in [-0.1, -0.05) is 0 Å². The molecule has 1 saturated heterocycles. The summed E-state index contributed by atoms with van der Waals surface area (Å²) >= 11 is 0. The van der Waals surface area contributed by atoms with Gasteiger partial charge in [0, 0.05) is 37.6 Å². The third kappa shape index (κ3) is 2.88. The van der Waals surface area contributed by atoms with Gasteiger partial charge in [0.2, 0.25) is 0 Å². The predicted molar refractivity (Wildman–Crippen MR) is 104 cm³/mol. The van der Waals surface area contributed by atoms with E-state index in [-0.39, 0.29) is 5.82 Å². The Hall–Kier alpha value is -3.36. The van der Waals surface area contributed by atoms with Crippen LogP contribution in [0.5, 0.6) is 0 Å². The zero-order valence-corrected chi connectivity index (χ0v) is 15.5. The van der Waals surface area contributed by atoms with Gasteiger partial charge in [0.05, 0.1) is 5.52 Å². The lowest BCUT2D eigenvalue weighted by atomic mass is 10.2. The van der Waals surface area contributed by atoms with Gasteiger partial charge in [-0.3, -0.25) is 0 Å². The summed E-state index contributed by atoms with van der Waals surface area (Å²) in [7, 11) is 0. The molecule has 1 aromatic carbocycles. The van der Waals surface area contributed by atoms with E-state index in [1.165, 1.54) is 18.5 Å². The molecule has 1 fully saturated rings. The lowest BCUT2D eigenvalue weighted by Crippen LogP contribution is -2.32. The number of aromatic nitrogens is 6. The lowest BCUT2D eigenvalue weighted by molar-refractivity contribution is 0.629. The van der Waals surface area contributed by atoms with Gasteiger partial charge in [-0.15, -0.1) is 15.3 Å². The molecule has 0 radical (unpaired) electrons. The Morgan fingerprint density at radius 1 is 0.929 bits per heavy atom. The zero-order chi connectivity index (χ0) is 19.1. The highest BCUT2D eigenvalue weighted by atomic mass is 19.1. The summed E-state index contributed by atoms with van der Waals surface area (Å²) in [5, 5.41) is 13.7. The standard InChI is InChI=1S/C19H19FN8/c1-13-23-24-17-5-6-18(25-28(13)17)26-7-2-8-27(10-9-26)19-15-4-3-14(20)11-16(15)21-12-22-19/h3-6,11-12H,2,7-10H2,1H3. The average molecular weight is 378 g/mol. The Balaban J connectivity index is 1.42. The van der Waals surface area contributed by atoms with Crippen molar-refractivity contribution < 1.29 is 4.39 Å². The number of hydrogen-bond donors (Lipinski definition) is 0. The molecule has 142 valence electrons. The first-order chi connectivity index (χ1) is 13.7. The topological polar surface area (TPSA) is 75.3 Å². The van der Waals surface area contributed by atoms with Crippen molar-refractivity contribution in [3.05, 3.63) is 48.3 Å². The Morgan fingerprint density at radius 2 is 1.79 bits per heavy atom. The van der Waals surface area contributed by atoms with Gasteiger partial charge >= 0.3 is 0 Å². The summed E-state index contributed by atoms with van der Waals surface area (Å²) in [6.45, 7) is 5.27. The Morgan fingerprint density at radius 3 is 2.71 bits per heavy atom. The summed E-state index contributed by atoms with van der Waals surface area (Å²) < 4.78 is 15.3. The van der Waals surface area contributed by atoms with Crippen LogP contribution in [0.4, 0.5) is 16.0 Å². The van der Waals surface area contributed by atoms with E-state index in [4.69, 9.17) is 0 Å². The molecular weight excluding hydrogens is 359 g/mol. The normalized spacial score (nSPS) is 15.4. The van der Waals surface area contributed by atoms with Gasteiger partial charge in [0.15, 0.2) is 11.5 Å². The molecule has 0 N–H and O–H groups in total. The van der Waals surface area contributed by atoms with E-state index in [1.54, 1.807) is 10.6 Å². The van der Waals surface area contributed by atoms with Crippen LogP contribution in [-0.2, 0) is 0 Å². The summed E-state index contributed by atoms with van der Waals surface area (Å²) in [4.78, 5) is 13.2. The van der Waals surface area contributed by atoms with Crippen LogP contribution in [0, 0.1) is 12.7 Å². The molecule has 0 amide bonds. The van der Waals surface area contributed by atoms with Crippen molar-refractivity contribution in [1.82, 2.24) is 29.8 Å². The fourth-order valence-corrected chi connectivity index (χ4v) is 3.68. The van der Waals surface area contributed by atoms with Crippen molar-refractivity contribution in [2.24, 2.45) is 0 Å². The molecule has 5 rings (SSSR count). The maximum absolute atomic E-state index is 13.5. The molecule has 0 bridgehead atoms. The largest absolute Gasteiger partial charge is 0.354 e. The summed E-state index contributed by atoms with van der Waals surface area (Å²) in [6.07, 6.45) is 2.47. The minimum absolute atomic E-state index is 0.287. The number of fused-ring (bicyclic) bond motifs is 2. The van der Waals surface area contributed by atoms with Gasteiger partial charge in [-0.25, -0.2) is 14.4 Å². The molecule has 8 nitrogen and oxygen atoms in total. The third-order valence-corrected chi connectivity index (χ3v) is 5.10. The predicted octanol–water partition coefficient (Wildman–Crippen LogP) is 2.23. The number of nitrogens with zero attached hydrogens (tertiary/aromatic N) is 8. The smallest absolute Gasteiger partial charge is 0.178 e. The molecule has 0 saturated carbocycles. The highest BCUT2D eigenvalue weighted by Crippen LogP contribution is 2.25. The first-order valence-corrected chi connectivity index (χ1v) is 9.28. The van der Waals surface area contributed by atoms with Crippen LogP contribution in [0.3, 0.4) is 0 Å². The average Bonchev–Trinajstić information content (AvgIpc) is 2.92. The zero-order valence-electron chi connectivity index (χ0n) is 15.5. The highest BCUT2D eigenvalue weighted by molar-refractivity contribution is 5.89. The molecule has 3 aromatic heterocycles. The summed E-state index contributed by atoms with van der Waals surface area (Å²) in [5.41, 5.74) is 1.37. The van der Waals surface area contributed by atoms with Crippen LogP contribution in [-0.4, -0.2) is 56.0 Å². The molecule has 0 spiro atoms. The molecule has 1 aliphatic heterocycles. The number of anilines is 2. The Labute approximate surface area is 160 Å². The van der Waals surface area contributed by atoms with Crippen molar-refractivity contribution in [2.75, 3.05) is 36.0 Å². The second kappa shape index (κ2) is 6.66. The lowest BCUT2D eigenvalue weighted by Gasteiger charge is -2.24. The molecule has 1 aliphatic rings. The molecule has 4 heterocycles. The van der Waals surface area contributed by atoms with E-state index in [9.17, 15) is 4.39 Å². The van der Waals surface area contributed by atoms with E-state index in [2.05, 4.69) is 35.1 Å². The Bertz CT molecular complexity index is 1160. The van der Waals surface area contributed by atoms with Crippen LogP contribution in [0.1, 0.15) is 12.2 Å². The Kier molecular flexibility index (Phi) is 4.00. The number of benzene rings is 1. The number of rotatable bonds is 2. The van der Waals surface area contributed by atoms with E-state index in [0.29, 0.717) is 5.52 Å². The fraction of sp³-hybridized carbons (Fsp3) is 0.316. The molecule has 0 atom stereocenters. The van der Waals surface area contributed by atoms with Gasteiger partial charge in [-0.05, 0) is 37.6 Å². The number of aryl methyl sites for hydroxylation is 1. The monoisotopic (exact) mass is 378 g/mol. The first kappa shape index (κ1) is 16.8. The second-order valence-electron chi connectivity index (χ2n) is 6.90. The van der Waals surface area contributed by atoms with E-state index < -0.39 is 0 Å². The fourth-order valence-electron chi connectivity index (χ4n) is 3.68. The third-order valence-electron chi connectivity index (χ3n) is 5.10. The van der Waals surface area contributed by atoms with Crippen LogP contribution < -0.4 is 9.80 Å². The first-order valence-electron chi connectivity index (χ1n) is 9.28. The quantitative estimate of drug-likeness (QED) is 0.529. The molecule has 4 aromatic rings. The van der Waals surface area contributed by atoms with Crippen molar-refractivity contribution in [2.45, 2.75) is 13.3 Å². The van der Waals surface area contributed by atoms with Crippen molar-refractivity contribution >= 4 is 28.2 Å². The minimum Gasteiger partial charge on any atom is -0.354 e. The maximum atomic E-state index is 13.5. The molecule has 0 aliphatic carbocycles. The van der Waals surface area contributed by atoms with Crippen LogP contribution in [0.2, 0.25) is 0 Å². The van der Waals surface area contributed by atoms with Crippen LogP contribution in [0.25, 0.3) is 16.6 Å². The van der Waals surface area contributed by atoms with Crippen molar-refractivity contribution in [3.63, 3.8) is 0 Å². The summed E-state index contributed by atoms with van der Waals surface area (Å²) in [5.74, 6) is 2.25. The summed E-state index contributed by atoms with van der Waals surface area (Å²) in [6, 6.07) is 8.59. The van der Waals surface area contributed by atoms with Gasteiger partial charge < -0.3 is 9.80 Å². The highest BCUT2D eigenvalue weighted by Gasteiger charge is 2.20. The van der Waals surface area contributed by atoms with Crippen LogP contribution in [0.15, 0.2) is 36.7 Å². The SMILES string of the molecule is Cc1nnc2ccc(N3CCCN(c4ncnc5cc(F)ccc45)CC3)nn12. The van der Waals surface area contributed by atoms with Gasteiger partial charge in [0.25, 0.3) is 0 Å². The minimum atomic E-state index is -0.287. The molecule has 0 unspecified atom stereocenters. The number of halogens is 1. The van der Waals surface area contributed by atoms with Crippen molar-refractivity contribution in [3.8, 4) is 0 Å². The molecule has 9 heteroatoms. The molecule has 28 heavy (non-hydrogen) atoms. The second-order valence-corrected chi connectivity index (χ2v) is 6.90. The van der Waals surface area contributed by atoms with Crippen molar-refractivity contribution in [1.29, 1.82) is 0 Å². The van der Waals surface area contributed by atoms with Gasteiger partial charge in [0.1, 0.15) is 23.8 Å². The van der Waals surface area contributed by atoms with E-state index in [0.717, 1.165) is 61.1 Å².